The molecule has 0 aromatic heterocycles. The maximum Gasteiger partial charge on any atom is 0.133 e. The van der Waals surface area contributed by atoms with Crippen LogP contribution in [-0.4, -0.2) is 48.4 Å². The molecular weight excluding hydrogens is 283 g/mol. The lowest BCUT2D eigenvalue weighted by atomic mass is 9.89. The number of piperidine rings is 1. The van der Waals surface area contributed by atoms with E-state index in [1.165, 1.54) is 0 Å². The first kappa shape index (κ1) is 15.9. The van der Waals surface area contributed by atoms with Gasteiger partial charge in [0.2, 0.25) is 0 Å². The van der Waals surface area contributed by atoms with Crippen molar-refractivity contribution in [2.75, 3.05) is 32.8 Å². The molecule has 2 aliphatic rings. The Morgan fingerprint density at radius 1 is 1.41 bits per heavy atom. The van der Waals surface area contributed by atoms with Gasteiger partial charge in [0.05, 0.1) is 18.3 Å². The molecule has 0 saturated carbocycles. The van der Waals surface area contributed by atoms with E-state index in [9.17, 15) is 9.50 Å². The number of morpholine rings is 1. The van der Waals surface area contributed by atoms with Crippen molar-refractivity contribution in [2.24, 2.45) is 0 Å². The molecule has 2 fully saturated rings. The normalized spacial score (nSPS) is 23.6. The summed E-state index contributed by atoms with van der Waals surface area (Å²) in [6.07, 6.45) is 1.20. The summed E-state index contributed by atoms with van der Waals surface area (Å²) in [4.78, 5) is 2.27. The molecule has 122 valence electrons. The second kappa shape index (κ2) is 6.62. The zero-order valence-electron chi connectivity index (χ0n) is 13.1. The topological polar surface area (TPSA) is 44.7 Å². The van der Waals surface area contributed by atoms with E-state index < -0.39 is 6.10 Å². The largest absolute Gasteiger partial charge is 0.389 e. The van der Waals surface area contributed by atoms with Crippen LogP contribution in [0.2, 0.25) is 0 Å². The quantitative estimate of drug-likeness (QED) is 0.894. The molecular formula is C17H25FN2O2. The van der Waals surface area contributed by atoms with E-state index in [4.69, 9.17) is 4.74 Å². The van der Waals surface area contributed by atoms with E-state index in [0.717, 1.165) is 45.6 Å². The molecule has 1 aromatic carbocycles. The number of nitrogens with zero attached hydrogens (tertiary/aromatic N) is 1. The lowest BCUT2D eigenvalue weighted by Crippen LogP contribution is -2.55. The zero-order valence-corrected chi connectivity index (χ0v) is 13.1. The van der Waals surface area contributed by atoms with Crippen LogP contribution in [0.3, 0.4) is 0 Å². The van der Waals surface area contributed by atoms with Crippen LogP contribution in [0.25, 0.3) is 0 Å². The first-order valence-electron chi connectivity index (χ1n) is 8.12. The van der Waals surface area contributed by atoms with Crippen molar-refractivity contribution >= 4 is 0 Å². The maximum atomic E-state index is 14.4. The number of ether oxygens (including phenoxy) is 1. The predicted octanol–water partition coefficient (Wildman–Crippen LogP) is 1.83. The number of aliphatic hydroxyl groups excluding tert-OH is 1. The highest BCUT2D eigenvalue weighted by atomic mass is 19.1. The molecule has 0 bridgehead atoms. The highest BCUT2D eigenvalue weighted by molar-refractivity contribution is 5.27. The third-order valence-corrected chi connectivity index (χ3v) is 4.85. The lowest BCUT2D eigenvalue weighted by Gasteiger charge is -2.44. The third-order valence-electron chi connectivity index (χ3n) is 4.85. The summed E-state index contributed by atoms with van der Waals surface area (Å²) in [5, 5.41) is 13.0. The number of aliphatic hydroxyl groups is 1. The van der Waals surface area contributed by atoms with Crippen molar-refractivity contribution in [3.8, 4) is 0 Å². The van der Waals surface area contributed by atoms with Gasteiger partial charge in [-0.15, -0.1) is 0 Å². The smallest absolute Gasteiger partial charge is 0.133 e. The first-order chi connectivity index (χ1) is 10.6. The molecule has 5 heteroatoms. The molecule has 0 radical (unpaired) electrons. The summed E-state index contributed by atoms with van der Waals surface area (Å²) in [5.41, 5.74) is 1.03. The second-order valence-corrected chi connectivity index (χ2v) is 6.48. The Morgan fingerprint density at radius 3 is 2.82 bits per heavy atom. The number of benzene rings is 1. The Hall–Kier alpha value is -1.01. The van der Waals surface area contributed by atoms with Crippen LogP contribution < -0.4 is 5.32 Å². The average molecular weight is 308 g/mol. The van der Waals surface area contributed by atoms with Gasteiger partial charge in [-0.05, 0) is 19.8 Å². The third kappa shape index (κ3) is 3.33. The minimum absolute atomic E-state index is 0.0191. The van der Waals surface area contributed by atoms with Gasteiger partial charge >= 0.3 is 0 Å². The van der Waals surface area contributed by atoms with E-state index in [-0.39, 0.29) is 11.4 Å². The fraction of sp³-hybridized carbons (Fsp3) is 0.647. The van der Waals surface area contributed by atoms with E-state index in [0.29, 0.717) is 17.7 Å². The van der Waals surface area contributed by atoms with Gasteiger partial charge in [-0.1, -0.05) is 18.2 Å². The van der Waals surface area contributed by atoms with E-state index in [1.54, 1.807) is 13.0 Å². The average Bonchev–Trinajstić information content (AvgIpc) is 2.52. The van der Waals surface area contributed by atoms with Gasteiger partial charge in [0.1, 0.15) is 5.82 Å². The van der Waals surface area contributed by atoms with Gasteiger partial charge < -0.3 is 15.2 Å². The minimum Gasteiger partial charge on any atom is -0.389 e. The summed E-state index contributed by atoms with van der Waals surface area (Å²) in [5.74, 6) is -0.270. The summed E-state index contributed by atoms with van der Waals surface area (Å²) >= 11 is 0. The Kier molecular flexibility index (Phi) is 4.78. The monoisotopic (exact) mass is 308 g/mol. The SMILES string of the molecule is CC(O)c1cccc(CN2CCC3(CC2)CNCCO3)c1F. The molecule has 1 spiro atoms. The molecule has 2 N–H and O–H groups in total. The highest BCUT2D eigenvalue weighted by Crippen LogP contribution is 2.29. The fourth-order valence-corrected chi connectivity index (χ4v) is 3.43. The summed E-state index contributed by atoms with van der Waals surface area (Å²) in [6.45, 7) is 6.66. The van der Waals surface area contributed by atoms with Crippen LogP contribution in [0, 0.1) is 5.82 Å². The molecule has 3 rings (SSSR count). The molecule has 4 nitrogen and oxygen atoms in total. The molecule has 1 atom stereocenters. The van der Waals surface area contributed by atoms with Gasteiger partial charge in [-0.25, -0.2) is 4.39 Å². The summed E-state index contributed by atoms with van der Waals surface area (Å²) in [6, 6.07) is 5.28. The predicted molar refractivity (Wildman–Crippen MR) is 83.1 cm³/mol. The molecule has 0 amide bonds. The van der Waals surface area contributed by atoms with Crippen LogP contribution in [0.15, 0.2) is 18.2 Å². The van der Waals surface area contributed by atoms with Crippen LogP contribution in [0.4, 0.5) is 4.39 Å². The summed E-state index contributed by atoms with van der Waals surface area (Å²) in [7, 11) is 0. The van der Waals surface area contributed by atoms with E-state index in [1.807, 2.05) is 12.1 Å². The van der Waals surface area contributed by atoms with Gasteiger partial charge in [-0.3, -0.25) is 4.90 Å². The molecule has 0 aliphatic carbocycles. The van der Waals surface area contributed by atoms with Crippen LogP contribution in [0.5, 0.6) is 0 Å². The van der Waals surface area contributed by atoms with Crippen molar-refractivity contribution < 1.29 is 14.2 Å². The Bertz CT molecular complexity index is 505. The molecule has 1 aromatic rings. The zero-order chi connectivity index (χ0) is 15.6. The lowest BCUT2D eigenvalue weighted by molar-refractivity contribution is -0.101. The van der Waals surface area contributed by atoms with Crippen molar-refractivity contribution in [3.63, 3.8) is 0 Å². The Labute approximate surface area is 131 Å². The number of halogens is 1. The van der Waals surface area contributed by atoms with Crippen LogP contribution in [-0.2, 0) is 11.3 Å². The van der Waals surface area contributed by atoms with Crippen molar-refractivity contribution in [1.29, 1.82) is 0 Å². The van der Waals surface area contributed by atoms with Crippen LogP contribution in [0.1, 0.15) is 37.0 Å². The van der Waals surface area contributed by atoms with Gasteiger partial charge in [-0.2, -0.15) is 0 Å². The van der Waals surface area contributed by atoms with Crippen molar-refractivity contribution in [1.82, 2.24) is 10.2 Å². The Morgan fingerprint density at radius 2 is 2.18 bits per heavy atom. The van der Waals surface area contributed by atoms with E-state index >= 15 is 0 Å². The molecule has 2 aliphatic heterocycles. The fourth-order valence-electron chi connectivity index (χ4n) is 3.43. The van der Waals surface area contributed by atoms with Gasteiger partial charge in [0.15, 0.2) is 0 Å². The van der Waals surface area contributed by atoms with E-state index in [2.05, 4.69) is 10.2 Å². The molecule has 2 saturated heterocycles. The Balaban J connectivity index is 1.62. The molecule has 1 unspecified atom stereocenters. The summed E-state index contributed by atoms with van der Waals surface area (Å²) < 4.78 is 20.4. The number of likely N-dealkylation sites (tertiary alicyclic amines) is 1. The number of rotatable bonds is 3. The molecule has 22 heavy (non-hydrogen) atoms. The minimum atomic E-state index is -0.772. The van der Waals surface area contributed by atoms with Crippen molar-refractivity contribution in [3.05, 3.63) is 35.1 Å². The van der Waals surface area contributed by atoms with Gasteiger partial charge in [0.25, 0.3) is 0 Å². The van der Waals surface area contributed by atoms with Crippen LogP contribution >= 0.6 is 0 Å². The number of nitrogens with one attached hydrogen (secondary N) is 1. The maximum absolute atomic E-state index is 14.4. The first-order valence-corrected chi connectivity index (χ1v) is 8.12. The van der Waals surface area contributed by atoms with Gasteiger partial charge in [0, 0.05) is 43.9 Å². The number of hydrogen-bond donors (Lipinski definition) is 2. The highest BCUT2D eigenvalue weighted by Gasteiger charge is 2.36. The second-order valence-electron chi connectivity index (χ2n) is 6.48. The number of hydrogen-bond acceptors (Lipinski definition) is 4. The standard InChI is InChI=1S/C17H25FN2O2/c1-13(21)15-4-2-3-14(16(15)18)11-20-8-5-17(6-9-20)12-19-7-10-22-17/h2-4,13,19,21H,5-12H2,1H3. The van der Waals surface area contributed by atoms with Crippen molar-refractivity contribution in [2.45, 2.75) is 38.0 Å². The molecule has 2 heterocycles.